The molecule has 2 aromatic heterocycles. The second kappa shape index (κ2) is 7.78. The Morgan fingerprint density at radius 3 is 2.77 bits per heavy atom. The van der Waals surface area contributed by atoms with E-state index in [0.29, 0.717) is 18.5 Å². The molecule has 1 saturated heterocycles. The van der Waals surface area contributed by atoms with Crippen molar-refractivity contribution in [2.75, 3.05) is 6.54 Å². The number of para-hydroxylation sites is 1. The number of imidazole rings is 1. The van der Waals surface area contributed by atoms with E-state index in [1.807, 2.05) is 6.20 Å². The van der Waals surface area contributed by atoms with Crippen LogP contribution in [0.5, 0.6) is 0 Å². The number of rotatable bonds is 4. The molecular weight excluding hydrogens is 407 g/mol. The number of hydrogen-bond donors (Lipinski definition) is 0. The van der Waals surface area contributed by atoms with Crippen molar-refractivity contribution in [3.63, 3.8) is 0 Å². The lowest BCUT2D eigenvalue weighted by Crippen LogP contribution is -2.36. The predicted octanol–water partition coefficient (Wildman–Crippen LogP) is 3.83. The molecule has 4 heterocycles. The van der Waals surface area contributed by atoms with Crippen molar-refractivity contribution in [2.45, 2.75) is 64.0 Å². The van der Waals surface area contributed by atoms with Crippen molar-refractivity contribution < 1.29 is 13.2 Å². The van der Waals surface area contributed by atoms with Crippen LogP contribution in [-0.4, -0.2) is 36.7 Å². The third-order valence-corrected chi connectivity index (χ3v) is 6.31. The Morgan fingerprint density at radius 2 is 1.94 bits per heavy atom. The number of fused-ring (bicyclic) bond motifs is 2. The fraction of sp³-hybridized carbons (Fsp3) is 0.500. The summed E-state index contributed by atoms with van der Waals surface area (Å²) in [4.78, 5) is 24.2. The molecule has 1 aromatic carbocycles. The third kappa shape index (κ3) is 3.86. The first-order valence-corrected chi connectivity index (χ1v) is 10.7. The average molecular weight is 431 g/mol. The van der Waals surface area contributed by atoms with Gasteiger partial charge in [-0.2, -0.15) is 13.2 Å². The zero-order valence-electron chi connectivity index (χ0n) is 17.1. The van der Waals surface area contributed by atoms with Gasteiger partial charge in [0.1, 0.15) is 18.2 Å². The van der Waals surface area contributed by atoms with Gasteiger partial charge in [0, 0.05) is 25.7 Å². The molecule has 164 valence electrons. The van der Waals surface area contributed by atoms with Crippen molar-refractivity contribution in [1.29, 1.82) is 0 Å². The molecule has 9 heteroatoms. The number of hydrogen-bond acceptors (Lipinski definition) is 4. The van der Waals surface area contributed by atoms with Gasteiger partial charge in [0.25, 0.3) is 5.56 Å². The summed E-state index contributed by atoms with van der Waals surface area (Å²) in [5.74, 6) is 1.28. The van der Waals surface area contributed by atoms with Gasteiger partial charge in [-0.3, -0.25) is 14.3 Å². The summed E-state index contributed by atoms with van der Waals surface area (Å²) in [5, 5.41) is 0.213. The summed E-state index contributed by atoms with van der Waals surface area (Å²) >= 11 is 0. The van der Waals surface area contributed by atoms with Crippen molar-refractivity contribution in [1.82, 2.24) is 24.0 Å². The van der Waals surface area contributed by atoms with Crippen LogP contribution in [0.25, 0.3) is 10.9 Å². The second-order valence-electron chi connectivity index (χ2n) is 8.40. The van der Waals surface area contributed by atoms with E-state index in [1.165, 1.54) is 6.07 Å². The van der Waals surface area contributed by atoms with Gasteiger partial charge in [0.2, 0.25) is 0 Å². The first-order chi connectivity index (χ1) is 14.9. The normalized spacial score (nSPS) is 19.8. The molecule has 0 bridgehead atoms. The largest absolute Gasteiger partial charge is 0.406 e. The molecule has 0 N–H and O–H groups in total. The van der Waals surface area contributed by atoms with Crippen LogP contribution < -0.4 is 5.56 Å². The maximum Gasteiger partial charge on any atom is 0.406 e. The van der Waals surface area contributed by atoms with Gasteiger partial charge in [-0.05, 0) is 44.4 Å². The summed E-state index contributed by atoms with van der Waals surface area (Å²) in [5.41, 5.74) is 0.883. The Labute approximate surface area is 177 Å². The standard InChI is InChI=1S/C22H24F3N5O/c23-22(24,25)14-30-20(27-17-7-2-1-6-16(17)21(30)31)18-8-5-10-28(18)13-15-12-26-19-9-3-4-11-29(15)19/h1-2,6-7,12,18H,3-5,8-11,13-14H2. The molecule has 0 aliphatic carbocycles. The number of aryl methyl sites for hydroxylation is 1. The molecule has 1 unspecified atom stereocenters. The van der Waals surface area contributed by atoms with Crippen molar-refractivity contribution in [3.8, 4) is 0 Å². The first-order valence-electron chi connectivity index (χ1n) is 10.7. The SMILES string of the molecule is O=c1c2ccccc2nc(C2CCCN2Cc2cnc3n2CCCC3)n1CC(F)(F)F. The monoisotopic (exact) mass is 431 g/mol. The average Bonchev–Trinajstić information content (AvgIpc) is 3.37. The molecule has 0 saturated carbocycles. The van der Waals surface area contributed by atoms with E-state index < -0.39 is 18.3 Å². The van der Waals surface area contributed by atoms with Crippen LogP contribution in [-0.2, 0) is 26.1 Å². The van der Waals surface area contributed by atoms with Crippen LogP contribution in [0.15, 0.2) is 35.3 Å². The van der Waals surface area contributed by atoms with Gasteiger partial charge in [-0.25, -0.2) is 9.97 Å². The van der Waals surface area contributed by atoms with Gasteiger partial charge in [-0.1, -0.05) is 12.1 Å². The lowest BCUT2D eigenvalue weighted by atomic mass is 10.1. The molecule has 0 radical (unpaired) electrons. The maximum atomic E-state index is 13.4. The van der Waals surface area contributed by atoms with Crippen molar-refractivity contribution in [2.24, 2.45) is 0 Å². The fourth-order valence-electron chi connectivity index (χ4n) is 4.89. The molecule has 2 aliphatic rings. The Bertz CT molecular complexity index is 1170. The van der Waals surface area contributed by atoms with Gasteiger partial charge in [0.15, 0.2) is 0 Å². The molecular formula is C22H24F3N5O. The minimum absolute atomic E-state index is 0.205. The highest BCUT2D eigenvalue weighted by molar-refractivity contribution is 5.77. The molecule has 2 aliphatic heterocycles. The van der Waals surface area contributed by atoms with E-state index in [2.05, 4.69) is 19.4 Å². The van der Waals surface area contributed by atoms with Crippen LogP contribution in [0.3, 0.4) is 0 Å². The van der Waals surface area contributed by atoms with Gasteiger partial charge >= 0.3 is 6.18 Å². The molecule has 0 spiro atoms. The highest BCUT2D eigenvalue weighted by Gasteiger charge is 2.35. The molecule has 0 amide bonds. The summed E-state index contributed by atoms with van der Waals surface area (Å²) in [6, 6.07) is 6.27. The van der Waals surface area contributed by atoms with E-state index in [-0.39, 0.29) is 17.3 Å². The zero-order valence-corrected chi connectivity index (χ0v) is 17.1. The smallest absolute Gasteiger partial charge is 0.331 e. The van der Waals surface area contributed by atoms with Crippen molar-refractivity contribution in [3.05, 3.63) is 58.2 Å². The topological polar surface area (TPSA) is 56.0 Å². The van der Waals surface area contributed by atoms with Gasteiger partial charge in [0.05, 0.1) is 22.6 Å². The minimum atomic E-state index is -4.50. The lowest BCUT2D eigenvalue weighted by molar-refractivity contribution is -0.142. The molecule has 5 rings (SSSR count). The zero-order chi connectivity index (χ0) is 21.6. The predicted molar refractivity (Wildman–Crippen MR) is 110 cm³/mol. The molecule has 6 nitrogen and oxygen atoms in total. The third-order valence-electron chi connectivity index (χ3n) is 6.31. The highest BCUT2D eigenvalue weighted by Crippen LogP contribution is 2.34. The lowest BCUT2D eigenvalue weighted by Gasteiger charge is -2.27. The Hall–Kier alpha value is -2.68. The fourth-order valence-corrected chi connectivity index (χ4v) is 4.89. The van der Waals surface area contributed by atoms with Gasteiger partial charge < -0.3 is 4.57 Å². The van der Waals surface area contributed by atoms with E-state index in [0.717, 1.165) is 54.9 Å². The molecule has 1 atom stereocenters. The number of benzene rings is 1. The molecule has 31 heavy (non-hydrogen) atoms. The Morgan fingerprint density at radius 1 is 1.10 bits per heavy atom. The maximum absolute atomic E-state index is 13.4. The second-order valence-corrected chi connectivity index (χ2v) is 8.40. The summed E-state index contributed by atoms with van der Waals surface area (Å²) in [7, 11) is 0. The summed E-state index contributed by atoms with van der Waals surface area (Å²) < 4.78 is 43.2. The molecule has 3 aromatic rings. The van der Waals surface area contributed by atoms with E-state index in [4.69, 9.17) is 0 Å². The van der Waals surface area contributed by atoms with E-state index >= 15 is 0 Å². The minimum Gasteiger partial charge on any atom is -0.331 e. The summed E-state index contributed by atoms with van der Waals surface area (Å²) in [6.07, 6.45) is 2.10. The van der Waals surface area contributed by atoms with E-state index in [9.17, 15) is 18.0 Å². The van der Waals surface area contributed by atoms with Crippen LogP contribution in [0.4, 0.5) is 13.2 Å². The highest BCUT2D eigenvalue weighted by atomic mass is 19.4. The molecule has 1 fully saturated rings. The number of halogens is 3. The Balaban J connectivity index is 1.55. The van der Waals surface area contributed by atoms with Crippen LogP contribution in [0.1, 0.15) is 49.1 Å². The summed E-state index contributed by atoms with van der Waals surface area (Å²) in [6.45, 7) is 0.938. The first kappa shape index (κ1) is 20.2. The Kier molecular flexibility index (Phi) is 5.08. The number of aromatic nitrogens is 4. The van der Waals surface area contributed by atoms with Crippen molar-refractivity contribution >= 4 is 10.9 Å². The van der Waals surface area contributed by atoms with Gasteiger partial charge in [-0.15, -0.1) is 0 Å². The van der Waals surface area contributed by atoms with Crippen LogP contribution in [0.2, 0.25) is 0 Å². The number of likely N-dealkylation sites (tertiary alicyclic amines) is 1. The van der Waals surface area contributed by atoms with E-state index in [1.54, 1.807) is 18.2 Å². The van der Waals surface area contributed by atoms with Crippen LogP contribution in [0, 0.1) is 0 Å². The quantitative estimate of drug-likeness (QED) is 0.630. The number of nitrogens with zero attached hydrogens (tertiary/aromatic N) is 5. The van der Waals surface area contributed by atoms with Crippen LogP contribution >= 0.6 is 0 Å². The number of alkyl halides is 3.